The zero-order valence-corrected chi connectivity index (χ0v) is 18.8. The van der Waals surface area contributed by atoms with E-state index in [1.165, 1.54) is 24.3 Å². The molecule has 150 valence electrons. The third-order valence-electron chi connectivity index (χ3n) is 4.22. The summed E-state index contributed by atoms with van der Waals surface area (Å²) in [5, 5.41) is 3.03. The first-order valence-corrected chi connectivity index (χ1v) is 11.3. The number of hydrogen-bond donors (Lipinski definition) is 2. The average molecular weight is 494 g/mol. The second-order valence-electron chi connectivity index (χ2n) is 6.53. The summed E-state index contributed by atoms with van der Waals surface area (Å²) >= 11 is 9.38. The fraction of sp³-hybridized carbons (Fsp3) is 0.0952. The molecule has 0 aliphatic carbocycles. The Balaban J connectivity index is 1.77. The summed E-state index contributed by atoms with van der Waals surface area (Å²) in [7, 11) is -3.75. The highest BCUT2D eigenvalue weighted by Gasteiger charge is 2.16. The van der Waals surface area contributed by atoms with Crippen LogP contribution < -0.4 is 10.0 Å². The normalized spacial score (nSPS) is 11.2. The summed E-state index contributed by atoms with van der Waals surface area (Å²) in [5.74, 6) is -0.389. The van der Waals surface area contributed by atoms with Crippen LogP contribution in [-0.2, 0) is 10.0 Å². The summed E-state index contributed by atoms with van der Waals surface area (Å²) < 4.78 is 28.6. The average Bonchev–Trinajstić information content (AvgIpc) is 2.66. The Kier molecular flexibility index (Phi) is 6.31. The van der Waals surface area contributed by atoms with E-state index in [0.717, 1.165) is 15.6 Å². The molecule has 8 heteroatoms. The van der Waals surface area contributed by atoms with Crippen molar-refractivity contribution < 1.29 is 13.2 Å². The van der Waals surface area contributed by atoms with Crippen LogP contribution in [0.4, 0.5) is 11.4 Å². The van der Waals surface area contributed by atoms with Gasteiger partial charge in [-0.1, -0.05) is 45.2 Å². The van der Waals surface area contributed by atoms with Gasteiger partial charge in [0.15, 0.2) is 0 Å². The molecular weight excluding hydrogens is 476 g/mol. The maximum absolute atomic E-state index is 12.7. The smallest absolute Gasteiger partial charge is 0.261 e. The second kappa shape index (κ2) is 8.57. The van der Waals surface area contributed by atoms with E-state index < -0.39 is 10.0 Å². The van der Waals surface area contributed by atoms with Crippen LogP contribution in [0.15, 0.2) is 70.0 Å². The summed E-state index contributed by atoms with van der Waals surface area (Å²) in [6, 6.07) is 16.4. The largest absolute Gasteiger partial charge is 0.322 e. The lowest BCUT2D eigenvalue weighted by molar-refractivity contribution is 0.102. The van der Waals surface area contributed by atoms with Gasteiger partial charge in [-0.2, -0.15) is 0 Å². The van der Waals surface area contributed by atoms with E-state index in [1.807, 2.05) is 26.0 Å². The minimum Gasteiger partial charge on any atom is -0.322 e. The van der Waals surface area contributed by atoms with E-state index in [0.29, 0.717) is 22.0 Å². The molecule has 0 bridgehead atoms. The molecule has 0 spiro atoms. The lowest BCUT2D eigenvalue weighted by Gasteiger charge is -2.12. The molecular formula is C21H18BrClN2O3S. The molecule has 0 atom stereocenters. The van der Waals surface area contributed by atoms with Gasteiger partial charge in [-0.25, -0.2) is 8.42 Å². The summed E-state index contributed by atoms with van der Waals surface area (Å²) in [5.41, 5.74) is 3.18. The number of aryl methyl sites for hydroxylation is 2. The fourth-order valence-electron chi connectivity index (χ4n) is 2.72. The highest BCUT2D eigenvalue weighted by Crippen LogP contribution is 2.24. The first-order chi connectivity index (χ1) is 13.7. The van der Waals surface area contributed by atoms with Gasteiger partial charge in [-0.15, -0.1) is 0 Å². The van der Waals surface area contributed by atoms with Gasteiger partial charge in [0, 0.05) is 10.2 Å². The van der Waals surface area contributed by atoms with Crippen molar-refractivity contribution in [1.29, 1.82) is 0 Å². The van der Waals surface area contributed by atoms with Gasteiger partial charge >= 0.3 is 0 Å². The minimum atomic E-state index is -3.75. The zero-order valence-electron chi connectivity index (χ0n) is 15.7. The SMILES string of the molecule is Cc1ccc(NS(=O)(=O)c2ccc(NC(=O)c3cc(Br)ccc3Cl)cc2)c(C)c1. The van der Waals surface area contributed by atoms with E-state index in [4.69, 9.17) is 11.6 Å². The number of sulfonamides is 1. The number of nitrogens with one attached hydrogen (secondary N) is 2. The predicted octanol–water partition coefficient (Wildman–Crippen LogP) is 5.77. The second-order valence-corrected chi connectivity index (χ2v) is 9.53. The van der Waals surface area contributed by atoms with Crippen molar-refractivity contribution in [2.45, 2.75) is 18.7 Å². The number of carbonyl (C=O) groups is 1. The summed E-state index contributed by atoms with van der Waals surface area (Å²) in [6.07, 6.45) is 0. The van der Waals surface area contributed by atoms with E-state index in [2.05, 4.69) is 26.0 Å². The molecule has 29 heavy (non-hydrogen) atoms. The van der Waals surface area contributed by atoms with Crippen molar-refractivity contribution in [2.24, 2.45) is 0 Å². The van der Waals surface area contributed by atoms with Gasteiger partial charge in [-0.05, 0) is 67.9 Å². The highest BCUT2D eigenvalue weighted by atomic mass is 79.9. The van der Waals surface area contributed by atoms with Gasteiger partial charge < -0.3 is 5.32 Å². The van der Waals surface area contributed by atoms with Crippen molar-refractivity contribution in [1.82, 2.24) is 0 Å². The Morgan fingerprint density at radius 1 is 0.966 bits per heavy atom. The maximum Gasteiger partial charge on any atom is 0.261 e. The maximum atomic E-state index is 12.7. The van der Waals surface area contributed by atoms with Crippen molar-refractivity contribution in [3.63, 3.8) is 0 Å². The fourth-order valence-corrected chi connectivity index (χ4v) is 4.41. The van der Waals surface area contributed by atoms with Crippen molar-refractivity contribution in [3.8, 4) is 0 Å². The molecule has 0 aromatic heterocycles. The highest BCUT2D eigenvalue weighted by molar-refractivity contribution is 9.10. The van der Waals surface area contributed by atoms with Crippen molar-refractivity contribution >= 4 is 54.8 Å². The van der Waals surface area contributed by atoms with Crippen molar-refractivity contribution in [2.75, 3.05) is 10.0 Å². The summed E-state index contributed by atoms with van der Waals surface area (Å²) in [4.78, 5) is 12.5. The number of rotatable bonds is 5. The van der Waals surface area contributed by atoms with Crippen LogP contribution >= 0.6 is 27.5 Å². The van der Waals surface area contributed by atoms with Crippen LogP contribution in [-0.4, -0.2) is 14.3 Å². The number of amides is 1. The third-order valence-corrected chi connectivity index (χ3v) is 6.43. The van der Waals surface area contributed by atoms with Crippen LogP contribution in [0.5, 0.6) is 0 Å². The van der Waals surface area contributed by atoms with Gasteiger partial charge in [0.25, 0.3) is 15.9 Å². The van der Waals surface area contributed by atoms with E-state index in [9.17, 15) is 13.2 Å². The van der Waals surface area contributed by atoms with Crippen LogP contribution in [0.3, 0.4) is 0 Å². The van der Waals surface area contributed by atoms with Gasteiger partial charge in [0.1, 0.15) is 0 Å². The standard InChI is InChI=1S/C21H18BrClN2O3S/c1-13-3-10-20(14(2)11-13)25-29(27,28)17-7-5-16(6-8-17)24-21(26)18-12-15(22)4-9-19(18)23/h3-12,25H,1-2H3,(H,24,26). The van der Waals surface area contributed by atoms with Crippen LogP contribution in [0.2, 0.25) is 5.02 Å². The molecule has 0 aliphatic rings. The first kappa shape index (κ1) is 21.4. The molecule has 0 fully saturated rings. The monoisotopic (exact) mass is 492 g/mol. The molecule has 0 aliphatic heterocycles. The van der Waals surface area contributed by atoms with E-state index in [1.54, 1.807) is 24.3 Å². The van der Waals surface area contributed by atoms with Crippen LogP contribution in [0.1, 0.15) is 21.5 Å². The third kappa shape index (κ3) is 5.18. The lowest BCUT2D eigenvalue weighted by Crippen LogP contribution is -2.15. The number of carbonyl (C=O) groups excluding carboxylic acids is 1. The predicted molar refractivity (Wildman–Crippen MR) is 120 cm³/mol. The Morgan fingerprint density at radius 2 is 1.66 bits per heavy atom. The number of halogens is 2. The molecule has 2 N–H and O–H groups in total. The molecule has 5 nitrogen and oxygen atoms in total. The Labute approximate surface area is 183 Å². The molecule has 3 aromatic carbocycles. The van der Waals surface area contributed by atoms with Gasteiger partial charge in [0.05, 0.1) is 21.2 Å². The van der Waals surface area contributed by atoms with E-state index in [-0.39, 0.29) is 10.8 Å². The minimum absolute atomic E-state index is 0.0935. The Hall–Kier alpha value is -2.35. The number of benzene rings is 3. The Morgan fingerprint density at radius 3 is 2.31 bits per heavy atom. The van der Waals surface area contributed by atoms with Crippen LogP contribution in [0, 0.1) is 13.8 Å². The zero-order chi connectivity index (χ0) is 21.2. The quantitative estimate of drug-likeness (QED) is 0.473. The molecule has 0 radical (unpaired) electrons. The molecule has 0 saturated heterocycles. The van der Waals surface area contributed by atoms with Gasteiger partial charge in [0.2, 0.25) is 0 Å². The number of anilines is 2. The first-order valence-electron chi connectivity index (χ1n) is 8.62. The molecule has 3 rings (SSSR count). The molecule has 0 saturated carbocycles. The lowest BCUT2D eigenvalue weighted by atomic mass is 10.1. The van der Waals surface area contributed by atoms with Crippen molar-refractivity contribution in [3.05, 3.63) is 86.8 Å². The van der Waals surface area contributed by atoms with E-state index >= 15 is 0 Å². The Bertz CT molecular complexity index is 1180. The molecule has 3 aromatic rings. The molecule has 0 heterocycles. The van der Waals surface area contributed by atoms with Crippen LogP contribution in [0.25, 0.3) is 0 Å². The topological polar surface area (TPSA) is 75.3 Å². The summed E-state index contributed by atoms with van der Waals surface area (Å²) in [6.45, 7) is 3.79. The number of hydrogen-bond acceptors (Lipinski definition) is 3. The van der Waals surface area contributed by atoms with Gasteiger partial charge in [-0.3, -0.25) is 9.52 Å². The molecule has 0 unspecified atom stereocenters. The molecule has 1 amide bonds.